The second kappa shape index (κ2) is 7.84. The van der Waals surface area contributed by atoms with Gasteiger partial charge in [-0.15, -0.1) is 0 Å². The van der Waals surface area contributed by atoms with Crippen molar-refractivity contribution in [2.75, 3.05) is 0 Å². The van der Waals surface area contributed by atoms with Crippen molar-refractivity contribution in [3.05, 3.63) is 12.3 Å². The van der Waals surface area contributed by atoms with Gasteiger partial charge in [0, 0.05) is 0 Å². The molecule has 0 fully saturated rings. The summed E-state index contributed by atoms with van der Waals surface area (Å²) in [5.41, 5.74) is 0. The molecule has 0 aromatic heterocycles. The minimum Gasteiger partial charge on any atom is -0.435 e. The Bertz CT molecular complexity index is 161. The van der Waals surface area contributed by atoms with Crippen LogP contribution in [0.4, 0.5) is 0 Å². The van der Waals surface area contributed by atoms with E-state index < -0.39 is 0 Å². The molecule has 0 amide bonds. The molecule has 0 aromatic rings. The van der Waals surface area contributed by atoms with Crippen LogP contribution in [0, 0.1) is 5.92 Å². The Morgan fingerprint density at radius 1 is 1.46 bits per heavy atom. The maximum absolute atomic E-state index is 11.4. The maximum atomic E-state index is 11.4. The summed E-state index contributed by atoms with van der Waals surface area (Å²) in [4.78, 5) is 11.4. The normalized spacial score (nSPS) is 13.2. The number of unbranched alkanes of at least 4 members (excludes halogenated alkanes) is 1. The average Bonchev–Trinajstić information content (AvgIpc) is 2.16. The van der Waals surface area contributed by atoms with E-state index in [4.69, 9.17) is 4.74 Å². The Morgan fingerprint density at radius 2 is 2.15 bits per heavy atom. The van der Waals surface area contributed by atoms with Crippen molar-refractivity contribution in [2.45, 2.75) is 46.5 Å². The molecule has 76 valence electrons. The summed E-state index contributed by atoms with van der Waals surface area (Å²) in [5.74, 6) is -0.00907. The van der Waals surface area contributed by atoms with Gasteiger partial charge in [-0.1, -0.05) is 32.8 Å². The van der Waals surface area contributed by atoms with Crippen molar-refractivity contribution in [1.29, 1.82) is 0 Å². The van der Waals surface area contributed by atoms with Crippen molar-refractivity contribution in [3.63, 3.8) is 0 Å². The van der Waals surface area contributed by atoms with Crippen LogP contribution >= 0.6 is 0 Å². The van der Waals surface area contributed by atoms with Crippen LogP contribution in [0.5, 0.6) is 0 Å². The second-order valence-corrected chi connectivity index (χ2v) is 3.15. The van der Waals surface area contributed by atoms with Crippen molar-refractivity contribution < 1.29 is 9.53 Å². The Hall–Kier alpha value is -0.790. The summed E-state index contributed by atoms with van der Waals surface area (Å²) in [6, 6.07) is 0. The minimum atomic E-state index is -0.0888. The van der Waals surface area contributed by atoms with E-state index in [1.165, 1.54) is 6.26 Å². The number of esters is 1. The standard InChI is InChI=1S/C11H20O2/c1-4-7-8-10(6-3)11(12)13-9-5-2/h5,9-10H,4,6-8H2,1-3H3. The molecule has 0 saturated carbocycles. The lowest BCUT2D eigenvalue weighted by Crippen LogP contribution is -2.14. The monoisotopic (exact) mass is 184 g/mol. The van der Waals surface area contributed by atoms with Crippen LogP contribution in [0.1, 0.15) is 46.5 Å². The molecule has 0 aliphatic carbocycles. The molecule has 0 rings (SSSR count). The molecular weight excluding hydrogens is 164 g/mol. The Kier molecular flexibility index (Phi) is 7.36. The summed E-state index contributed by atoms with van der Waals surface area (Å²) >= 11 is 0. The highest BCUT2D eigenvalue weighted by molar-refractivity contribution is 5.72. The highest BCUT2D eigenvalue weighted by Gasteiger charge is 2.15. The molecule has 0 aliphatic rings. The van der Waals surface area contributed by atoms with Crippen LogP contribution in [0.3, 0.4) is 0 Å². The van der Waals surface area contributed by atoms with Gasteiger partial charge in [-0.2, -0.15) is 0 Å². The fourth-order valence-corrected chi connectivity index (χ4v) is 1.17. The first-order valence-electron chi connectivity index (χ1n) is 5.07. The largest absolute Gasteiger partial charge is 0.435 e. The lowest BCUT2D eigenvalue weighted by molar-refractivity contribution is -0.143. The average molecular weight is 184 g/mol. The zero-order valence-corrected chi connectivity index (χ0v) is 8.88. The molecule has 2 nitrogen and oxygen atoms in total. The predicted molar refractivity (Wildman–Crippen MR) is 54.2 cm³/mol. The SMILES string of the molecule is CC=COC(=O)C(CC)CCCC. The van der Waals surface area contributed by atoms with Crippen LogP contribution in [-0.4, -0.2) is 5.97 Å². The van der Waals surface area contributed by atoms with Crippen LogP contribution in [-0.2, 0) is 9.53 Å². The van der Waals surface area contributed by atoms with Crippen LogP contribution in [0.25, 0.3) is 0 Å². The Morgan fingerprint density at radius 3 is 2.62 bits per heavy atom. The van der Waals surface area contributed by atoms with Gasteiger partial charge >= 0.3 is 5.97 Å². The third kappa shape index (κ3) is 5.45. The third-order valence-corrected chi connectivity index (χ3v) is 2.05. The Labute approximate surface area is 81.0 Å². The number of carbonyl (C=O) groups is 1. The van der Waals surface area contributed by atoms with Crippen LogP contribution in [0.2, 0.25) is 0 Å². The first kappa shape index (κ1) is 12.2. The zero-order chi connectivity index (χ0) is 10.1. The first-order valence-corrected chi connectivity index (χ1v) is 5.07. The number of rotatable bonds is 6. The van der Waals surface area contributed by atoms with Gasteiger partial charge in [-0.05, 0) is 19.8 Å². The number of hydrogen-bond acceptors (Lipinski definition) is 2. The maximum Gasteiger partial charge on any atom is 0.313 e. The first-order chi connectivity index (χ1) is 6.26. The van der Waals surface area contributed by atoms with E-state index >= 15 is 0 Å². The molecule has 13 heavy (non-hydrogen) atoms. The van der Waals surface area contributed by atoms with Crippen molar-refractivity contribution in [2.24, 2.45) is 5.92 Å². The number of allylic oxidation sites excluding steroid dienone is 1. The van der Waals surface area contributed by atoms with Gasteiger partial charge in [0.25, 0.3) is 0 Å². The lowest BCUT2D eigenvalue weighted by Gasteiger charge is -2.10. The molecule has 1 unspecified atom stereocenters. The molecule has 0 N–H and O–H groups in total. The van der Waals surface area contributed by atoms with Crippen molar-refractivity contribution in [3.8, 4) is 0 Å². The Balaban J connectivity index is 3.84. The van der Waals surface area contributed by atoms with Gasteiger partial charge in [0.1, 0.15) is 0 Å². The zero-order valence-electron chi connectivity index (χ0n) is 8.88. The second-order valence-electron chi connectivity index (χ2n) is 3.15. The molecule has 2 heteroatoms. The number of hydrogen-bond donors (Lipinski definition) is 0. The molecule has 0 heterocycles. The van der Waals surface area contributed by atoms with E-state index in [2.05, 4.69) is 6.92 Å². The number of carbonyl (C=O) groups excluding carboxylic acids is 1. The molecule has 0 aliphatic heterocycles. The minimum absolute atomic E-state index is 0.0798. The highest BCUT2D eigenvalue weighted by Crippen LogP contribution is 2.14. The lowest BCUT2D eigenvalue weighted by atomic mass is 10.00. The fourth-order valence-electron chi connectivity index (χ4n) is 1.17. The van der Waals surface area contributed by atoms with Gasteiger partial charge in [0.15, 0.2) is 0 Å². The molecule has 0 bridgehead atoms. The summed E-state index contributed by atoms with van der Waals surface area (Å²) in [7, 11) is 0. The molecular formula is C11H20O2. The van der Waals surface area contributed by atoms with Crippen LogP contribution in [0.15, 0.2) is 12.3 Å². The molecule has 0 aromatic carbocycles. The van der Waals surface area contributed by atoms with Gasteiger partial charge in [-0.3, -0.25) is 4.79 Å². The molecule has 0 saturated heterocycles. The summed E-state index contributed by atoms with van der Waals surface area (Å²) < 4.78 is 4.92. The fraction of sp³-hybridized carbons (Fsp3) is 0.727. The molecule has 0 radical (unpaired) electrons. The summed E-state index contributed by atoms with van der Waals surface area (Å²) in [5, 5.41) is 0. The van der Waals surface area contributed by atoms with E-state index in [1.54, 1.807) is 6.08 Å². The van der Waals surface area contributed by atoms with Gasteiger partial charge < -0.3 is 4.74 Å². The van der Waals surface area contributed by atoms with Crippen molar-refractivity contribution >= 4 is 5.97 Å². The van der Waals surface area contributed by atoms with E-state index in [1.807, 2.05) is 13.8 Å². The summed E-state index contributed by atoms with van der Waals surface area (Å²) in [6.45, 7) is 5.99. The quantitative estimate of drug-likeness (QED) is 0.467. The van der Waals surface area contributed by atoms with Crippen molar-refractivity contribution in [1.82, 2.24) is 0 Å². The molecule has 1 atom stereocenters. The summed E-state index contributed by atoms with van der Waals surface area (Å²) in [6.07, 6.45) is 7.23. The van der Waals surface area contributed by atoms with Gasteiger partial charge in [0.2, 0.25) is 0 Å². The predicted octanol–water partition coefficient (Wildman–Crippen LogP) is 3.28. The third-order valence-electron chi connectivity index (χ3n) is 2.05. The van der Waals surface area contributed by atoms with E-state index in [0.29, 0.717) is 0 Å². The van der Waals surface area contributed by atoms with Gasteiger partial charge in [0.05, 0.1) is 12.2 Å². The molecule has 0 spiro atoms. The highest BCUT2D eigenvalue weighted by atomic mass is 16.5. The topological polar surface area (TPSA) is 26.3 Å². The van der Waals surface area contributed by atoms with E-state index in [0.717, 1.165) is 25.7 Å². The van der Waals surface area contributed by atoms with Gasteiger partial charge in [-0.25, -0.2) is 0 Å². The smallest absolute Gasteiger partial charge is 0.313 e. The van der Waals surface area contributed by atoms with Crippen LogP contribution < -0.4 is 0 Å². The van der Waals surface area contributed by atoms with E-state index in [-0.39, 0.29) is 11.9 Å². The van der Waals surface area contributed by atoms with E-state index in [9.17, 15) is 4.79 Å². The number of ether oxygens (including phenoxy) is 1.